The van der Waals surface area contributed by atoms with Crippen molar-refractivity contribution in [1.29, 1.82) is 0 Å². The van der Waals surface area contributed by atoms with Gasteiger partial charge in [0.05, 0.1) is 16.9 Å². The van der Waals surface area contributed by atoms with E-state index in [1.807, 2.05) is 32.9 Å². The van der Waals surface area contributed by atoms with Crippen molar-refractivity contribution in [3.8, 4) is 17.0 Å². The second-order valence-corrected chi connectivity index (χ2v) is 7.52. The first-order valence-electron chi connectivity index (χ1n) is 8.19. The first-order chi connectivity index (χ1) is 11.2. The van der Waals surface area contributed by atoms with Crippen molar-refractivity contribution in [2.75, 3.05) is 6.61 Å². The number of nitrogens with two attached hydrogens (primary N) is 1. The van der Waals surface area contributed by atoms with Gasteiger partial charge >= 0.3 is 0 Å². The topological polar surface area (TPSA) is 61.0 Å². The molecule has 0 radical (unpaired) electrons. The quantitative estimate of drug-likeness (QED) is 0.832. The number of pyridine rings is 2. The van der Waals surface area contributed by atoms with Crippen LogP contribution in [0.2, 0.25) is 5.02 Å². The normalized spacial score (nSPS) is 13.8. The molecule has 4 nitrogen and oxygen atoms in total. The maximum Gasteiger partial charge on any atom is 0.156 e. The standard InChI is InChI=1S/C19H26ClN3O/c1-12(2)9-19(5,21)11-24-18-10-23-17(8-16(18)20)15-6-7-22-14(4)13(15)3/h6-8,10,12H,9,11,21H2,1-5H3. The molecule has 0 aliphatic rings. The Balaban J connectivity index is 2.17. The van der Waals surface area contributed by atoms with E-state index in [1.54, 1.807) is 12.4 Å². The lowest BCUT2D eigenvalue weighted by molar-refractivity contribution is 0.206. The summed E-state index contributed by atoms with van der Waals surface area (Å²) < 4.78 is 5.82. The van der Waals surface area contributed by atoms with Gasteiger partial charge in [-0.05, 0) is 50.8 Å². The Kier molecular flexibility index (Phi) is 5.83. The summed E-state index contributed by atoms with van der Waals surface area (Å²) in [5.74, 6) is 1.07. The Labute approximate surface area is 149 Å². The number of hydrogen-bond acceptors (Lipinski definition) is 4. The zero-order chi connectivity index (χ0) is 17.9. The molecule has 0 saturated heterocycles. The lowest BCUT2D eigenvalue weighted by Crippen LogP contribution is -2.43. The van der Waals surface area contributed by atoms with Crippen LogP contribution in [0.4, 0.5) is 0 Å². The predicted molar refractivity (Wildman–Crippen MR) is 99.5 cm³/mol. The molecule has 2 heterocycles. The van der Waals surface area contributed by atoms with Gasteiger partial charge in [-0.3, -0.25) is 9.97 Å². The molecule has 2 rings (SSSR count). The van der Waals surface area contributed by atoms with Gasteiger partial charge in [0.2, 0.25) is 0 Å². The first kappa shape index (κ1) is 18.7. The summed E-state index contributed by atoms with van der Waals surface area (Å²) in [6.45, 7) is 10.7. The fourth-order valence-corrected chi connectivity index (χ4v) is 3.03. The van der Waals surface area contributed by atoms with Gasteiger partial charge in [-0.25, -0.2) is 0 Å². The molecule has 5 heteroatoms. The molecule has 0 aliphatic carbocycles. The maximum atomic E-state index is 6.38. The molecular weight excluding hydrogens is 322 g/mol. The second-order valence-electron chi connectivity index (χ2n) is 7.11. The van der Waals surface area contributed by atoms with Crippen LogP contribution >= 0.6 is 11.6 Å². The van der Waals surface area contributed by atoms with Gasteiger partial charge in [0.1, 0.15) is 6.61 Å². The number of rotatable bonds is 6. The van der Waals surface area contributed by atoms with E-state index >= 15 is 0 Å². The van der Waals surface area contributed by atoms with E-state index < -0.39 is 5.54 Å². The Morgan fingerprint density at radius 2 is 2.00 bits per heavy atom. The van der Waals surface area contributed by atoms with Crippen LogP contribution in [-0.4, -0.2) is 22.1 Å². The third kappa shape index (κ3) is 4.68. The maximum absolute atomic E-state index is 6.38. The van der Waals surface area contributed by atoms with Gasteiger partial charge in [0.25, 0.3) is 0 Å². The summed E-state index contributed by atoms with van der Waals surface area (Å²) in [7, 11) is 0. The largest absolute Gasteiger partial charge is 0.488 e. The SMILES string of the molecule is Cc1nccc(-c2cc(Cl)c(OCC(C)(N)CC(C)C)cn2)c1C. The Morgan fingerprint density at radius 3 is 2.62 bits per heavy atom. The Hall–Kier alpha value is -1.65. The van der Waals surface area contributed by atoms with Crippen molar-refractivity contribution in [1.82, 2.24) is 9.97 Å². The monoisotopic (exact) mass is 347 g/mol. The van der Waals surface area contributed by atoms with Crippen molar-refractivity contribution in [3.05, 3.63) is 40.8 Å². The van der Waals surface area contributed by atoms with Crippen LogP contribution in [0.15, 0.2) is 24.5 Å². The summed E-state index contributed by atoms with van der Waals surface area (Å²) >= 11 is 6.38. The summed E-state index contributed by atoms with van der Waals surface area (Å²) in [5.41, 5.74) is 9.81. The number of aromatic nitrogens is 2. The summed E-state index contributed by atoms with van der Waals surface area (Å²) in [6.07, 6.45) is 4.33. The van der Waals surface area contributed by atoms with E-state index in [1.165, 1.54) is 0 Å². The molecule has 0 amide bonds. The van der Waals surface area contributed by atoms with Crippen molar-refractivity contribution >= 4 is 11.6 Å². The fourth-order valence-electron chi connectivity index (χ4n) is 2.82. The van der Waals surface area contributed by atoms with E-state index in [0.29, 0.717) is 23.3 Å². The highest BCUT2D eigenvalue weighted by Gasteiger charge is 2.21. The first-order valence-corrected chi connectivity index (χ1v) is 8.57. The molecule has 2 aromatic heterocycles. The van der Waals surface area contributed by atoms with Gasteiger partial charge in [-0.15, -0.1) is 0 Å². The zero-order valence-electron chi connectivity index (χ0n) is 15.1. The van der Waals surface area contributed by atoms with Gasteiger partial charge in [-0.2, -0.15) is 0 Å². The van der Waals surface area contributed by atoms with Gasteiger partial charge in [0.15, 0.2) is 5.75 Å². The highest BCUT2D eigenvalue weighted by atomic mass is 35.5. The molecule has 0 bridgehead atoms. The summed E-state index contributed by atoms with van der Waals surface area (Å²) in [4.78, 5) is 8.78. The lowest BCUT2D eigenvalue weighted by Gasteiger charge is -2.26. The van der Waals surface area contributed by atoms with Gasteiger partial charge < -0.3 is 10.5 Å². The van der Waals surface area contributed by atoms with Crippen molar-refractivity contribution in [2.24, 2.45) is 11.7 Å². The van der Waals surface area contributed by atoms with Crippen molar-refractivity contribution in [2.45, 2.75) is 46.6 Å². The summed E-state index contributed by atoms with van der Waals surface area (Å²) in [5, 5.41) is 0.536. The molecule has 1 unspecified atom stereocenters. The number of halogens is 1. The number of nitrogens with zero attached hydrogens (tertiary/aromatic N) is 2. The molecule has 2 aromatic rings. The minimum Gasteiger partial charge on any atom is -0.488 e. The average molecular weight is 348 g/mol. The van der Waals surface area contributed by atoms with Crippen molar-refractivity contribution in [3.63, 3.8) is 0 Å². The Morgan fingerprint density at radius 1 is 1.29 bits per heavy atom. The van der Waals surface area contributed by atoms with E-state index in [9.17, 15) is 0 Å². The zero-order valence-corrected chi connectivity index (χ0v) is 15.8. The molecule has 0 spiro atoms. The molecular formula is C19H26ClN3O. The molecule has 0 fully saturated rings. The smallest absolute Gasteiger partial charge is 0.156 e. The third-order valence-electron chi connectivity index (χ3n) is 3.98. The Bertz CT molecular complexity index is 714. The van der Waals surface area contributed by atoms with E-state index in [0.717, 1.165) is 28.9 Å². The van der Waals surface area contributed by atoms with Gasteiger partial charge in [0, 0.05) is 23.0 Å². The second kappa shape index (κ2) is 7.49. The number of ether oxygens (including phenoxy) is 1. The highest BCUT2D eigenvalue weighted by molar-refractivity contribution is 6.32. The van der Waals surface area contributed by atoms with Crippen LogP contribution in [0, 0.1) is 19.8 Å². The number of aryl methyl sites for hydroxylation is 1. The van der Waals surface area contributed by atoms with Gasteiger partial charge in [-0.1, -0.05) is 25.4 Å². The third-order valence-corrected chi connectivity index (χ3v) is 4.28. The molecule has 2 N–H and O–H groups in total. The highest BCUT2D eigenvalue weighted by Crippen LogP contribution is 2.30. The molecule has 24 heavy (non-hydrogen) atoms. The van der Waals surface area contributed by atoms with Crippen molar-refractivity contribution < 1.29 is 4.74 Å². The molecule has 1 atom stereocenters. The average Bonchev–Trinajstić information content (AvgIpc) is 2.47. The minimum atomic E-state index is -0.394. The van der Waals surface area contributed by atoms with E-state index in [4.69, 9.17) is 22.1 Å². The summed E-state index contributed by atoms with van der Waals surface area (Å²) in [6, 6.07) is 3.77. The van der Waals surface area contributed by atoms with Crippen LogP contribution in [-0.2, 0) is 0 Å². The van der Waals surface area contributed by atoms with Crippen LogP contribution in [0.3, 0.4) is 0 Å². The number of hydrogen-bond donors (Lipinski definition) is 1. The van der Waals surface area contributed by atoms with E-state index in [2.05, 4.69) is 23.8 Å². The molecule has 130 valence electrons. The van der Waals surface area contributed by atoms with E-state index in [-0.39, 0.29) is 0 Å². The van der Waals surface area contributed by atoms with Crippen LogP contribution in [0.5, 0.6) is 5.75 Å². The lowest BCUT2D eigenvalue weighted by atomic mass is 9.93. The minimum absolute atomic E-state index is 0.394. The molecule has 0 aromatic carbocycles. The molecule has 0 saturated carbocycles. The van der Waals surface area contributed by atoms with Crippen LogP contribution < -0.4 is 10.5 Å². The predicted octanol–water partition coefficient (Wildman–Crippen LogP) is 4.56. The molecule has 0 aliphatic heterocycles. The fraction of sp³-hybridized carbons (Fsp3) is 0.474. The van der Waals surface area contributed by atoms with Crippen LogP contribution in [0.1, 0.15) is 38.4 Å². The van der Waals surface area contributed by atoms with Crippen LogP contribution in [0.25, 0.3) is 11.3 Å².